The maximum atomic E-state index is 9.60. The van der Waals surface area contributed by atoms with Gasteiger partial charge in [0.15, 0.2) is 0 Å². The van der Waals surface area contributed by atoms with Crippen molar-refractivity contribution in [1.82, 2.24) is 0 Å². The van der Waals surface area contributed by atoms with E-state index in [1.165, 1.54) is 13.8 Å². The summed E-state index contributed by atoms with van der Waals surface area (Å²) in [7, 11) is 0. The van der Waals surface area contributed by atoms with Crippen LogP contribution in [0.15, 0.2) is 62.3 Å². The summed E-state index contributed by atoms with van der Waals surface area (Å²) in [6, 6.07) is 0. The molecule has 0 aromatic carbocycles. The average Bonchev–Trinajstić information content (AvgIpc) is 2.82. The lowest BCUT2D eigenvalue weighted by molar-refractivity contribution is -0.133. The van der Waals surface area contributed by atoms with E-state index in [4.69, 9.17) is 40.9 Å². The SMILES string of the molecule is C=C(C)C(=O)O.C=C(C)C(=O)O.C=CC(=O)O.C=CC(=O)O.C=CC(=O)O.CCC(CO)(CO)CO. The quantitative estimate of drug-likeness (QED) is 0.200. The van der Waals surface area contributed by atoms with Crippen LogP contribution in [0.25, 0.3) is 0 Å². The first-order valence-corrected chi connectivity index (χ1v) is 9.51. The van der Waals surface area contributed by atoms with Gasteiger partial charge in [-0.3, -0.25) is 0 Å². The van der Waals surface area contributed by atoms with E-state index in [1.54, 1.807) is 0 Å². The summed E-state index contributed by atoms with van der Waals surface area (Å²) in [4.78, 5) is 46.9. The monoisotopic (exact) mass is 522 g/mol. The van der Waals surface area contributed by atoms with Crippen molar-refractivity contribution in [2.24, 2.45) is 5.41 Å². The number of aliphatic hydroxyl groups excluding tert-OH is 3. The predicted molar refractivity (Wildman–Crippen MR) is 132 cm³/mol. The van der Waals surface area contributed by atoms with Gasteiger partial charge in [-0.25, -0.2) is 24.0 Å². The molecule has 0 atom stereocenters. The Morgan fingerprint density at radius 2 is 0.750 bits per heavy atom. The van der Waals surface area contributed by atoms with Crippen LogP contribution in [0, 0.1) is 5.41 Å². The standard InChI is InChI=1S/C6H14O3.2C4H6O2.3C3H4O2/c1-2-6(3-7,4-8)5-9;2*1-3(2)4(5)6;3*1-2-3(4)5/h7-9H,2-5H2,1H3;2*1H2,2H3,(H,5,6);3*2H,1H2,(H,4,5). The van der Waals surface area contributed by atoms with Gasteiger partial charge in [-0.05, 0) is 20.3 Å². The molecule has 0 aromatic heterocycles. The number of rotatable bonds is 9. The fourth-order valence-corrected chi connectivity index (χ4v) is 0.485. The second-order valence-corrected chi connectivity index (χ2v) is 6.13. The van der Waals surface area contributed by atoms with Crippen LogP contribution in [0.3, 0.4) is 0 Å². The molecular weight excluding hydrogens is 484 g/mol. The zero-order chi connectivity index (χ0) is 30.5. The van der Waals surface area contributed by atoms with E-state index in [-0.39, 0.29) is 31.0 Å². The Bertz CT molecular complexity index is 609. The van der Waals surface area contributed by atoms with Crippen molar-refractivity contribution in [3.8, 4) is 0 Å². The fourth-order valence-electron chi connectivity index (χ4n) is 0.485. The zero-order valence-electron chi connectivity index (χ0n) is 20.7. The number of aliphatic carboxylic acids is 5. The van der Waals surface area contributed by atoms with Crippen LogP contribution in [-0.2, 0) is 24.0 Å². The van der Waals surface area contributed by atoms with Crippen LogP contribution >= 0.6 is 0 Å². The van der Waals surface area contributed by atoms with Gasteiger partial charge < -0.3 is 40.9 Å². The summed E-state index contributed by atoms with van der Waals surface area (Å²) in [5.41, 5.74) is -0.315. The van der Waals surface area contributed by atoms with Gasteiger partial charge in [-0.2, -0.15) is 0 Å². The summed E-state index contributed by atoms with van der Waals surface area (Å²) >= 11 is 0. The minimum absolute atomic E-state index is 0.156. The molecule has 0 aliphatic rings. The molecule has 0 aromatic rings. The van der Waals surface area contributed by atoms with Crippen LogP contribution in [0.1, 0.15) is 27.2 Å². The van der Waals surface area contributed by atoms with Gasteiger partial charge in [0, 0.05) is 34.8 Å². The molecule has 0 rings (SSSR count). The van der Waals surface area contributed by atoms with Gasteiger partial charge in [-0.15, -0.1) is 0 Å². The maximum Gasteiger partial charge on any atom is 0.330 e. The fraction of sp³-hybridized carbons (Fsp3) is 0.348. The zero-order valence-corrected chi connectivity index (χ0v) is 20.7. The molecule has 0 aliphatic heterocycles. The van der Waals surface area contributed by atoms with Gasteiger partial charge in [-0.1, -0.05) is 39.8 Å². The van der Waals surface area contributed by atoms with E-state index in [9.17, 15) is 24.0 Å². The van der Waals surface area contributed by atoms with Crippen LogP contribution in [0.5, 0.6) is 0 Å². The highest BCUT2D eigenvalue weighted by Gasteiger charge is 2.24. The van der Waals surface area contributed by atoms with E-state index in [0.29, 0.717) is 6.42 Å². The van der Waals surface area contributed by atoms with Gasteiger partial charge in [0.1, 0.15) is 0 Å². The Morgan fingerprint density at radius 1 is 0.611 bits per heavy atom. The van der Waals surface area contributed by atoms with E-state index in [0.717, 1.165) is 18.2 Å². The molecule has 208 valence electrons. The highest BCUT2D eigenvalue weighted by Crippen LogP contribution is 2.18. The normalized spacial score (nSPS) is 8.17. The minimum atomic E-state index is -0.981. The molecule has 0 radical (unpaired) electrons. The third-order valence-corrected chi connectivity index (χ3v) is 3.01. The Labute approximate surface area is 210 Å². The number of carboxylic acids is 5. The maximum absolute atomic E-state index is 9.60. The molecule has 0 saturated heterocycles. The molecule has 13 nitrogen and oxygen atoms in total. The smallest absolute Gasteiger partial charge is 0.330 e. The number of hydrogen-bond acceptors (Lipinski definition) is 8. The lowest BCUT2D eigenvalue weighted by Gasteiger charge is -2.24. The highest BCUT2D eigenvalue weighted by molar-refractivity contribution is 5.85. The molecule has 0 heterocycles. The van der Waals surface area contributed by atoms with Gasteiger partial charge in [0.2, 0.25) is 0 Å². The van der Waals surface area contributed by atoms with Crippen molar-refractivity contribution >= 4 is 29.8 Å². The van der Waals surface area contributed by atoms with Crippen molar-refractivity contribution in [3.05, 3.63) is 62.3 Å². The highest BCUT2D eigenvalue weighted by atomic mass is 16.4. The van der Waals surface area contributed by atoms with Crippen molar-refractivity contribution in [3.63, 3.8) is 0 Å². The topological polar surface area (TPSA) is 247 Å². The molecule has 0 amide bonds. The second-order valence-electron chi connectivity index (χ2n) is 6.13. The molecule has 13 heteroatoms. The predicted octanol–water partition coefficient (Wildman–Crippen LogP) is 1.42. The molecule has 0 bridgehead atoms. The molecular formula is C23H38O13. The van der Waals surface area contributed by atoms with Crippen molar-refractivity contribution in [1.29, 1.82) is 0 Å². The van der Waals surface area contributed by atoms with Crippen molar-refractivity contribution in [2.75, 3.05) is 19.8 Å². The second kappa shape index (κ2) is 30.9. The summed E-state index contributed by atoms with van der Waals surface area (Å²) < 4.78 is 0. The van der Waals surface area contributed by atoms with Crippen LogP contribution < -0.4 is 0 Å². The van der Waals surface area contributed by atoms with Crippen LogP contribution in [0.2, 0.25) is 0 Å². The molecule has 0 fully saturated rings. The Morgan fingerprint density at radius 3 is 0.750 bits per heavy atom. The van der Waals surface area contributed by atoms with Crippen LogP contribution in [-0.4, -0.2) is 90.5 Å². The number of carbonyl (C=O) groups is 5. The number of aliphatic hydroxyl groups is 3. The summed E-state index contributed by atoms with van der Waals surface area (Å²) in [5.74, 6) is -4.81. The molecule has 8 N–H and O–H groups in total. The third kappa shape index (κ3) is 52.1. The molecule has 0 aliphatic carbocycles. The summed E-state index contributed by atoms with van der Waals surface area (Å²) in [6.07, 6.45) is 3.09. The van der Waals surface area contributed by atoms with E-state index >= 15 is 0 Å². The Hall–Kier alpha value is -4.07. The largest absolute Gasteiger partial charge is 0.478 e. The van der Waals surface area contributed by atoms with E-state index in [1.807, 2.05) is 6.92 Å². The summed E-state index contributed by atoms with van der Waals surface area (Å²) in [6.45, 7) is 19.4. The van der Waals surface area contributed by atoms with Gasteiger partial charge in [0.05, 0.1) is 19.8 Å². The van der Waals surface area contributed by atoms with Crippen molar-refractivity contribution in [2.45, 2.75) is 27.2 Å². The van der Waals surface area contributed by atoms with Crippen molar-refractivity contribution < 1.29 is 64.8 Å². The van der Waals surface area contributed by atoms with E-state index in [2.05, 4.69) is 32.9 Å². The average molecular weight is 523 g/mol. The first-order chi connectivity index (χ1) is 16.3. The molecule has 36 heavy (non-hydrogen) atoms. The molecule has 0 unspecified atom stereocenters. The first kappa shape index (κ1) is 45.4. The third-order valence-electron chi connectivity index (χ3n) is 3.01. The first-order valence-electron chi connectivity index (χ1n) is 9.51. The van der Waals surface area contributed by atoms with Crippen LogP contribution in [0.4, 0.5) is 0 Å². The lowest BCUT2D eigenvalue weighted by atomic mass is 9.88. The molecule has 0 saturated carbocycles. The van der Waals surface area contributed by atoms with E-state index < -0.39 is 35.3 Å². The van der Waals surface area contributed by atoms with Gasteiger partial charge >= 0.3 is 29.8 Å². The minimum Gasteiger partial charge on any atom is -0.478 e. The number of carboxylic acid groups (broad SMARTS) is 5. The molecule has 0 spiro atoms. The summed E-state index contributed by atoms with van der Waals surface area (Å²) in [5, 5.41) is 64.6. The number of hydrogen-bond donors (Lipinski definition) is 8. The van der Waals surface area contributed by atoms with Gasteiger partial charge in [0.25, 0.3) is 0 Å². The Balaban J connectivity index is -0.0000000763. The Kier molecular flexibility index (Phi) is 39.0. The lowest BCUT2D eigenvalue weighted by Crippen LogP contribution is -2.32.